The van der Waals surface area contributed by atoms with E-state index in [0.717, 1.165) is 0 Å². The molecule has 1 heterocycles. The number of carbonyl (C=O) groups excluding carboxylic acids is 2. The third kappa shape index (κ3) is 2.98. The summed E-state index contributed by atoms with van der Waals surface area (Å²) in [6, 6.07) is 5.69. The van der Waals surface area contributed by atoms with Crippen LogP contribution in [0, 0.1) is 11.7 Å². The molecular formula is C14H16FNO3. The quantitative estimate of drug-likeness (QED) is 0.780. The van der Waals surface area contributed by atoms with E-state index >= 15 is 0 Å². The van der Waals surface area contributed by atoms with Gasteiger partial charge in [-0.15, -0.1) is 0 Å². The summed E-state index contributed by atoms with van der Waals surface area (Å²) in [5.41, 5.74) is 0.611. The summed E-state index contributed by atoms with van der Waals surface area (Å²) in [4.78, 5) is 25.5. The Morgan fingerprint density at radius 2 is 2.00 bits per heavy atom. The minimum atomic E-state index is -0.737. The van der Waals surface area contributed by atoms with Crippen molar-refractivity contribution >= 4 is 17.4 Å². The summed E-state index contributed by atoms with van der Waals surface area (Å²) >= 11 is 0. The molecule has 1 unspecified atom stereocenters. The molecule has 1 fully saturated rings. The average Bonchev–Trinajstić information content (AvgIpc) is 2.40. The number of anilines is 1. The highest BCUT2D eigenvalue weighted by atomic mass is 19.1. The first-order valence-corrected chi connectivity index (χ1v) is 6.31. The zero-order valence-electron chi connectivity index (χ0n) is 10.8. The first-order valence-electron chi connectivity index (χ1n) is 6.31. The molecule has 1 atom stereocenters. The summed E-state index contributed by atoms with van der Waals surface area (Å²) in [5.74, 6) is -1.44. The first-order chi connectivity index (χ1) is 9.13. The van der Waals surface area contributed by atoms with Gasteiger partial charge in [0.15, 0.2) is 0 Å². The molecule has 1 aliphatic heterocycles. The van der Waals surface area contributed by atoms with Crippen molar-refractivity contribution in [3.8, 4) is 0 Å². The highest BCUT2D eigenvalue weighted by Crippen LogP contribution is 2.23. The van der Waals surface area contributed by atoms with Crippen LogP contribution in [-0.4, -0.2) is 31.4 Å². The van der Waals surface area contributed by atoms with E-state index in [1.54, 1.807) is 12.1 Å². The van der Waals surface area contributed by atoms with Gasteiger partial charge < -0.3 is 9.64 Å². The SMILES string of the molecule is CCOCC1C(=O)CCN(c2ccc(F)cc2)C1=O. The zero-order valence-corrected chi connectivity index (χ0v) is 10.8. The van der Waals surface area contributed by atoms with E-state index in [2.05, 4.69) is 0 Å². The number of ether oxygens (including phenoxy) is 1. The van der Waals surface area contributed by atoms with Gasteiger partial charge in [0.2, 0.25) is 5.91 Å². The molecule has 102 valence electrons. The lowest BCUT2D eigenvalue weighted by atomic mass is 9.95. The van der Waals surface area contributed by atoms with Crippen LogP contribution in [0.1, 0.15) is 13.3 Å². The van der Waals surface area contributed by atoms with E-state index in [1.807, 2.05) is 6.92 Å². The second-order valence-corrected chi connectivity index (χ2v) is 4.39. The molecule has 19 heavy (non-hydrogen) atoms. The molecule has 0 aromatic heterocycles. The van der Waals surface area contributed by atoms with Gasteiger partial charge in [-0.2, -0.15) is 0 Å². The Morgan fingerprint density at radius 1 is 1.32 bits per heavy atom. The standard InChI is InChI=1S/C14H16FNO3/c1-2-19-9-12-13(17)7-8-16(14(12)18)11-5-3-10(15)4-6-11/h3-6,12H,2,7-9H2,1H3. The fourth-order valence-corrected chi connectivity index (χ4v) is 2.11. The van der Waals surface area contributed by atoms with Gasteiger partial charge in [-0.05, 0) is 31.2 Å². The molecular weight excluding hydrogens is 249 g/mol. The van der Waals surface area contributed by atoms with Gasteiger partial charge in [0, 0.05) is 25.3 Å². The Balaban J connectivity index is 2.16. The van der Waals surface area contributed by atoms with E-state index < -0.39 is 5.92 Å². The second-order valence-electron chi connectivity index (χ2n) is 4.39. The molecule has 1 aromatic rings. The smallest absolute Gasteiger partial charge is 0.239 e. The summed E-state index contributed by atoms with van der Waals surface area (Å²) < 4.78 is 18.1. The van der Waals surface area contributed by atoms with E-state index in [1.165, 1.54) is 17.0 Å². The Hall–Kier alpha value is -1.75. The van der Waals surface area contributed by atoms with Crippen LogP contribution in [0.5, 0.6) is 0 Å². The lowest BCUT2D eigenvalue weighted by Crippen LogP contribution is -2.47. The molecule has 0 saturated carbocycles. The van der Waals surface area contributed by atoms with Crippen LogP contribution in [-0.2, 0) is 14.3 Å². The Labute approximate surface area is 111 Å². The molecule has 1 aromatic carbocycles. The van der Waals surface area contributed by atoms with Gasteiger partial charge >= 0.3 is 0 Å². The van der Waals surface area contributed by atoms with Crippen LogP contribution in [0.15, 0.2) is 24.3 Å². The van der Waals surface area contributed by atoms with Crippen LogP contribution in [0.25, 0.3) is 0 Å². The fraction of sp³-hybridized carbons (Fsp3) is 0.429. The summed E-state index contributed by atoms with van der Waals surface area (Å²) in [5, 5.41) is 0. The van der Waals surface area contributed by atoms with Gasteiger partial charge in [-0.1, -0.05) is 0 Å². The van der Waals surface area contributed by atoms with Crippen molar-refractivity contribution in [2.45, 2.75) is 13.3 Å². The lowest BCUT2D eigenvalue weighted by molar-refractivity contribution is -0.137. The van der Waals surface area contributed by atoms with Crippen molar-refractivity contribution in [2.75, 3.05) is 24.7 Å². The fourth-order valence-electron chi connectivity index (χ4n) is 2.11. The van der Waals surface area contributed by atoms with Gasteiger partial charge in [0.25, 0.3) is 0 Å². The number of Topliss-reactive ketones (excluding diaryl/α,β-unsaturated/α-hetero) is 1. The Bertz CT molecular complexity index is 472. The van der Waals surface area contributed by atoms with E-state index in [0.29, 0.717) is 25.3 Å². The summed E-state index contributed by atoms with van der Waals surface area (Å²) in [6.45, 7) is 2.74. The third-order valence-corrected chi connectivity index (χ3v) is 3.16. The maximum absolute atomic E-state index is 12.9. The lowest BCUT2D eigenvalue weighted by Gasteiger charge is -2.31. The minimum Gasteiger partial charge on any atom is -0.380 e. The van der Waals surface area contributed by atoms with Crippen LogP contribution in [0.4, 0.5) is 10.1 Å². The van der Waals surface area contributed by atoms with Crippen molar-refractivity contribution in [3.05, 3.63) is 30.1 Å². The molecule has 4 nitrogen and oxygen atoms in total. The maximum Gasteiger partial charge on any atom is 0.239 e. The Morgan fingerprint density at radius 3 is 2.63 bits per heavy atom. The topological polar surface area (TPSA) is 46.6 Å². The van der Waals surface area contributed by atoms with Crippen LogP contribution in [0.2, 0.25) is 0 Å². The zero-order chi connectivity index (χ0) is 13.8. The highest BCUT2D eigenvalue weighted by Gasteiger charge is 2.35. The number of rotatable bonds is 4. The van der Waals surface area contributed by atoms with Gasteiger partial charge in [-0.25, -0.2) is 4.39 Å². The van der Waals surface area contributed by atoms with Gasteiger partial charge in [0.05, 0.1) is 6.61 Å². The molecule has 0 radical (unpaired) electrons. The van der Waals surface area contributed by atoms with E-state index in [-0.39, 0.29) is 24.1 Å². The summed E-state index contributed by atoms with van der Waals surface area (Å²) in [7, 11) is 0. The number of benzene rings is 1. The molecule has 1 saturated heterocycles. The van der Waals surface area contributed by atoms with E-state index in [9.17, 15) is 14.0 Å². The number of hydrogen-bond donors (Lipinski definition) is 0. The molecule has 1 aliphatic rings. The van der Waals surface area contributed by atoms with Crippen LogP contribution in [0.3, 0.4) is 0 Å². The van der Waals surface area contributed by atoms with Gasteiger partial charge in [-0.3, -0.25) is 9.59 Å². The number of nitrogens with zero attached hydrogens (tertiary/aromatic N) is 1. The number of hydrogen-bond acceptors (Lipinski definition) is 3. The number of carbonyl (C=O) groups is 2. The molecule has 5 heteroatoms. The molecule has 0 bridgehead atoms. The monoisotopic (exact) mass is 265 g/mol. The summed E-state index contributed by atoms with van der Waals surface area (Å²) in [6.07, 6.45) is 0.306. The predicted octanol–water partition coefficient (Wildman–Crippen LogP) is 1.78. The average molecular weight is 265 g/mol. The third-order valence-electron chi connectivity index (χ3n) is 3.16. The van der Waals surface area contributed by atoms with Crippen molar-refractivity contribution < 1.29 is 18.7 Å². The molecule has 0 N–H and O–H groups in total. The van der Waals surface area contributed by atoms with Crippen molar-refractivity contribution in [3.63, 3.8) is 0 Å². The number of piperidine rings is 1. The number of halogens is 1. The van der Waals surface area contributed by atoms with Crippen molar-refractivity contribution in [1.29, 1.82) is 0 Å². The minimum absolute atomic E-state index is 0.0863. The van der Waals surface area contributed by atoms with Gasteiger partial charge in [0.1, 0.15) is 17.5 Å². The molecule has 0 spiro atoms. The van der Waals surface area contributed by atoms with Crippen molar-refractivity contribution in [2.24, 2.45) is 5.92 Å². The first kappa shape index (κ1) is 13.7. The van der Waals surface area contributed by atoms with Crippen LogP contribution >= 0.6 is 0 Å². The molecule has 2 rings (SSSR count). The normalized spacial score (nSPS) is 19.9. The largest absolute Gasteiger partial charge is 0.380 e. The number of ketones is 1. The second kappa shape index (κ2) is 5.93. The van der Waals surface area contributed by atoms with E-state index in [4.69, 9.17) is 4.74 Å². The van der Waals surface area contributed by atoms with Crippen LogP contribution < -0.4 is 4.90 Å². The Kier molecular flexibility index (Phi) is 4.27. The van der Waals surface area contributed by atoms with Crippen molar-refractivity contribution in [1.82, 2.24) is 0 Å². The highest BCUT2D eigenvalue weighted by molar-refractivity contribution is 6.11. The molecule has 1 amide bonds. The number of amides is 1. The predicted molar refractivity (Wildman–Crippen MR) is 68.4 cm³/mol. The maximum atomic E-state index is 12.9. The molecule has 0 aliphatic carbocycles.